The molecule has 0 unspecified atom stereocenters. The van der Waals surface area contributed by atoms with Crippen LogP contribution in [0, 0.1) is 0 Å². The van der Waals surface area contributed by atoms with Crippen LogP contribution in [0.1, 0.15) is 5.01 Å². The molecule has 0 aliphatic carbocycles. The zero-order chi connectivity index (χ0) is 19.1. The third kappa shape index (κ3) is 3.66. The van der Waals surface area contributed by atoms with E-state index in [0.29, 0.717) is 27.1 Å². The summed E-state index contributed by atoms with van der Waals surface area (Å²) in [6, 6.07) is 4.37. The highest BCUT2D eigenvalue weighted by molar-refractivity contribution is 8.15. The number of hydrogen-bond acceptors (Lipinski definition) is 10. The second-order valence-corrected chi connectivity index (χ2v) is 8.16. The largest absolute Gasteiger partial charge is 0.480 e. The summed E-state index contributed by atoms with van der Waals surface area (Å²) < 4.78 is 11.6. The molecular weight excluding hydrogens is 396 g/mol. The van der Waals surface area contributed by atoms with Crippen LogP contribution in [0.4, 0.5) is 0 Å². The fourth-order valence-corrected chi connectivity index (χ4v) is 4.80. The Labute approximate surface area is 161 Å². The average Bonchev–Trinajstić information content (AvgIpc) is 3.28. The number of carboxylic acid groups (broad SMARTS) is 1. The molecule has 5 atom stereocenters. The maximum absolute atomic E-state index is 11.0. The van der Waals surface area contributed by atoms with Crippen molar-refractivity contribution in [3.05, 3.63) is 23.2 Å². The number of thiazole rings is 1. The maximum Gasteiger partial charge on any atom is 0.329 e. The number of aromatic nitrogens is 1. The fourth-order valence-electron chi connectivity index (χ4n) is 2.70. The van der Waals surface area contributed by atoms with Crippen LogP contribution < -0.4 is 4.74 Å². The second kappa shape index (κ2) is 7.34. The van der Waals surface area contributed by atoms with E-state index in [9.17, 15) is 20.1 Å². The van der Waals surface area contributed by atoms with Gasteiger partial charge in [0.2, 0.25) is 6.29 Å². The number of benzene rings is 1. The van der Waals surface area contributed by atoms with Crippen LogP contribution in [-0.4, -0.2) is 79.4 Å². The van der Waals surface area contributed by atoms with E-state index in [0.717, 1.165) is 4.70 Å². The SMILES string of the molecule is O=C(O)[C@H]1CSC(c2nc3ccc(O[C@@H]4OC[C@@H](O)[C@H](O)[C@H]4O)cc3s2)=N1. The van der Waals surface area contributed by atoms with E-state index in [1.54, 1.807) is 18.2 Å². The van der Waals surface area contributed by atoms with Crippen LogP contribution in [0.5, 0.6) is 5.75 Å². The summed E-state index contributed by atoms with van der Waals surface area (Å²) in [6.07, 6.45) is -4.98. The molecule has 0 bridgehead atoms. The second-order valence-electron chi connectivity index (χ2n) is 6.12. The highest BCUT2D eigenvalue weighted by atomic mass is 32.2. The van der Waals surface area contributed by atoms with E-state index in [1.165, 1.54) is 23.1 Å². The fraction of sp³-hybridized carbons (Fsp3) is 0.438. The number of aliphatic hydroxyl groups is 3. The molecule has 144 valence electrons. The molecule has 0 amide bonds. The summed E-state index contributed by atoms with van der Waals surface area (Å²) in [5.74, 6) is -0.151. The maximum atomic E-state index is 11.0. The topological polar surface area (TPSA) is 142 Å². The Morgan fingerprint density at radius 3 is 2.81 bits per heavy atom. The summed E-state index contributed by atoms with van der Waals surface area (Å²) >= 11 is 2.72. The third-order valence-electron chi connectivity index (χ3n) is 4.19. The van der Waals surface area contributed by atoms with Crippen LogP contribution in [0.15, 0.2) is 23.2 Å². The van der Waals surface area contributed by atoms with Gasteiger partial charge in [0, 0.05) is 5.75 Å². The quantitative estimate of drug-likeness (QED) is 0.548. The number of ether oxygens (including phenoxy) is 2. The molecule has 2 aliphatic heterocycles. The van der Waals surface area contributed by atoms with Crippen molar-refractivity contribution in [1.29, 1.82) is 0 Å². The lowest BCUT2D eigenvalue weighted by Crippen LogP contribution is -2.54. The number of aliphatic hydroxyl groups excluding tert-OH is 3. The van der Waals surface area contributed by atoms with Crippen LogP contribution in [-0.2, 0) is 9.53 Å². The molecule has 9 nitrogen and oxygen atoms in total. The zero-order valence-electron chi connectivity index (χ0n) is 13.8. The first-order valence-electron chi connectivity index (χ1n) is 8.09. The van der Waals surface area contributed by atoms with Gasteiger partial charge in [-0.05, 0) is 18.2 Å². The number of fused-ring (bicyclic) bond motifs is 1. The van der Waals surface area contributed by atoms with Crippen LogP contribution >= 0.6 is 23.1 Å². The van der Waals surface area contributed by atoms with E-state index in [4.69, 9.17) is 14.6 Å². The standard InChI is InChI=1S/C16H16N2O7S2/c19-9-4-24-16(12(21)11(9)20)25-6-1-2-7-10(3-6)27-14(17-7)13-18-8(5-26-13)15(22)23/h1-3,8-9,11-12,16,19-21H,4-5H2,(H,22,23)/t8-,9-,11+,12-,16+/m1/s1. The van der Waals surface area contributed by atoms with Gasteiger partial charge < -0.3 is 29.9 Å². The summed E-state index contributed by atoms with van der Waals surface area (Å²) in [6.45, 7) is -0.141. The number of aliphatic carboxylic acids is 1. The summed E-state index contributed by atoms with van der Waals surface area (Å²) in [5, 5.41) is 39.5. The Morgan fingerprint density at radius 1 is 1.26 bits per heavy atom. The first-order valence-corrected chi connectivity index (χ1v) is 9.89. The minimum absolute atomic E-state index is 0.141. The van der Waals surface area contributed by atoms with Gasteiger partial charge in [0.05, 0.1) is 16.8 Å². The predicted octanol–water partition coefficient (Wildman–Crippen LogP) is 0.0607. The van der Waals surface area contributed by atoms with Gasteiger partial charge in [-0.1, -0.05) is 0 Å². The normalized spacial score (nSPS) is 31.1. The lowest BCUT2D eigenvalue weighted by molar-refractivity contribution is -0.242. The number of hydrogen-bond donors (Lipinski definition) is 4. The smallest absolute Gasteiger partial charge is 0.329 e. The molecule has 0 radical (unpaired) electrons. The number of carboxylic acids is 1. The number of thioether (sulfide) groups is 1. The van der Waals surface area contributed by atoms with E-state index in [1.807, 2.05) is 0 Å². The lowest BCUT2D eigenvalue weighted by Gasteiger charge is -2.34. The Morgan fingerprint density at radius 2 is 2.07 bits per heavy atom. The van der Waals surface area contributed by atoms with Gasteiger partial charge in [0.15, 0.2) is 6.04 Å². The molecule has 1 saturated heterocycles. The van der Waals surface area contributed by atoms with Crippen molar-refractivity contribution in [2.24, 2.45) is 4.99 Å². The Balaban J connectivity index is 1.53. The van der Waals surface area contributed by atoms with Crippen molar-refractivity contribution in [3.63, 3.8) is 0 Å². The van der Waals surface area contributed by atoms with Crippen molar-refractivity contribution in [2.75, 3.05) is 12.4 Å². The van der Waals surface area contributed by atoms with Crippen molar-refractivity contribution >= 4 is 44.3 Å². The molecular formula is C16H16N2O7S2. The molecule has 3 heterocycles. The Bertz CT molecular complexity index is 902. The molecule has 4 rings (SSSR count). The average molecular weight is 412 g/mol. The molecule has 4 N–H and O–H groups in total. The highest BCUT2D eigenvalue weighted by Gasteiger charge is 2.39. The number of rotatable bonds is 4. The van der Waals surface area contributed by atoms with Crippen molar-refractivity contribution in [2.45, 2.75) is 30.6 Å². The molecule has 1 fully saturated rings. The monoisotopic (exact) mass is 412 g/mol. The minimum Gasteiger partial charge on any atom is -0.480 e. The molecule has 0 spiro atoms. The zero-order valence-corrected chi connectivity index (χ0v) is 15.4. The lowest BCUT2D eigenvalue weighted by atomic mass is 10.1. The number of aliphatic imine (C=N–C) groups is 1. The molecule has 1 aromatic carbocycles. The first-order chi connectivity index (χ1) is 12.9. The van der Waals surface area contributed by atoms with Crippen molar-refractivity contribution in [3.8, 4) is 5.75 Å². The summed E-state index contributed by atoms with van der Waals surface area (Å²) in [4.78, 5) is 19.7. The Kier molecular flexibility index (Phi) is 5.05. The van der Waals surface area contributed by atoms with Crippen molar-refractivity contribution in [1.82, 2.24) is 4.98 Å². The highest BCUT2D eigenvalue weighted by Crippen LogP contribution is 2.32. The van der Waals surface area contributed by atoms with E-state index in [2.05, 4.69) is 9.98 Å². The first kappa shape index (κ1) is 18.6. The van der Waals surface area contributed by atoms with Gasteiger partial charge in [-0.25, -0.2) is 9.78 Å². The number of nitrogens with zero attached hydrogens (tertiary/aromatic N) is 2. The van der Waals surface area contributed by atoms with E-state index in [-0.39, 0.29) is 6.61 Å². The van der Waals surface area contributed by atoms with Crippen LogP contribution in [0.3, 0.4) is 0 Å². The summed E-state index contributed by atoms with van der Waals surface area (Å²) in [7, 11) is 0. The van der Waals surface area contributed by atoms with Crippen LogP contribution in [0.25, 0.3) is 10.2 Å². The van der Waals surface area contributed by atoms with Gasteiger partial charge in [0.1, 0.15) is 34.1 Å². The minimum atomic E-state index is -1.38. The van der Waals surface area contributed by atoms with Gasteiger partial charge in [-0.15, -0.1) is 23.1 Å². The van der Waals surface area contributed by atoms with Gasteiger partial charge >= 0.3 is 5.97 Å². The predicted molar refractivity (Wildman–Crippen MR) is 98.4 cm³/mol. The van der Waals surface area contributed by atoms with Gasteiger partial charge in [0.25, 0.3) is 0 Å². The van der Waals surface area contributed by atoms with E-state index >= 15 is 0 Å². The molecule has 11 heteroatoms. The molecule has 0 saturated carbocycles. The summed E-state index contributed by atoms with van der Waals surface area (Å²) in [5.41, 5.74) is 0.713. The molecule has 1 aromatic heterocycles. The van der Waals surface area contributed by atoms with Crippen molar-refractivity contribution < 1.29 is 34.7 Å². The molecule has 27 heavy (non-hydrogen) atoms. The van der Waals surface area contributed by atoms with E-state index < -0.39 is 36.6 Å². The Hall–Kier alpha value is -1.76. The third-order valence-corrected chi connectivity index (χ3v) is 6.39. The van der Waals surface area contributed by atoms with Gasteiger partial charge in [-0.3, -0.25) is 4.99 Å². The number of carbonyl (C=O) groups is 1. The van der Waals surface area contributed by atoms with Gasteiger partial charge in [-0.2, -0.15) is 0 Å². The van der Waals surface area contributed by atoms with Crippen LogP contribution in [0.2, 0.25) is 0 Å². The molecule has 2 aromatic rings. The molecule has 2 aliphatic rings.